The minimum atomic E-state index is -0.113. The third kappa shape index (κ3) is 4.72. The number of thioether (sulfide) groups is 1. The van der Waals surface area contributed by atoms with Gasteiger partial charge in [-0.15, -0.1) is 0 Å². The van der Waals surface area contributed by atoms with Gasteiger partial charge in [-0.25, -0.2) is 0 Å². The average molecular weight is 313 g/mol. The number of rotatable bonds is 8. The normalized spacial score (nSPS) is 12.3. The molecule has 1 N–H and O–H groups in total. The summed E-state index contributed by atoms with van der Waals surface area (Å²) in [7, 11) is 0. The summed E-state index contributed by atoms with van der Waals surface area (Å²) in [4.78, 5) is 12.0. The summed E-state index contributed by atoms with van der Waals surface area (Å²) in [6, 6.07) is 20.5. The highest BCUT2D eigenvalue weighted by Crippen LogP contribution is 2.23. The number of nitrogens with one attached hydrogen (secondary N) is 1. The SMILES string of the molecule is CSCC[C@H](NC(c1ccccc1)c1ccccc1)C(C)=O. The lowest BCUT2D eigenvalue weighted by Crippen LogP contribution is -2.39. The van der Waals surface area contributed by atoms with Crippen LogP contribution in [0.4, 0.5) is 0 Å². The van der Waals surface area contributed by atoms with Crippen molar-refractivity contribution in [3.8, 4) is 0 Å². The largest absolute Gasteiger partial charge is 0.298 e. The first-order valence-electron chi connectivity index (χ1n) is 7.57. The van der Waals surface area contributed by atoms with Crippen LogP contribution in [-0.2, 0) is 4.79 Å². The summed E-state index contributed by atoms with van der Waals surface area (Å²) < 4.78 is 0. The smallest absolute Gasteiger partial charge is 0.146 e. The molecule has 116 valence electrons. The third-order valence-electron chi connectivity index (χ3n) is 3.74. The second-order valence-corrected chi connectivity index (χ2v) is 6.35. The average Bonchev–Trinajstić information content (AvgIpc) is 2.56. The second-order valence-electron chi connectivity index (χ2n) is 5.37. The molecule has 2 aromatic carbocycles. The Hall–Kier alpha value is -1.58. The van der Waals surface area contributed by atoms with E-state index in [1.54, 1.807) is 18.7 Å². The molecule has 0 saturated heterocycles. The molecule has 0 aliphatic heterocycles. The van der Waals surface area contributed by atoms with Gasteiger partial charge in [0.1, 0.15) is 5.78 Å². The van der Waals surface area contributed by atoms with E-state index in [0.29, 0.717) is 0 Å². The van der Waals surface area contributed by atoms with Gasteiger partial charge in [-0.3, -0.25) is 10.1 Å². The first-order valence-corrected chi connectivity index (χ1v) is 8.97. The molecule has 0 aromatic heterocycles. The van der Waals surface area contributed by atoms with Gasteiger partial charge in [0.15, 0.2) is 0 Å². The van der Waals surface area contributed by atoms with Crippen molar-refractivity contribution in [3.05, 3.63) is 71.8 Å². The molecule has 22 heavy (non-hydrogen) atoms. The zero-order valence-corrected chi connectivity index (χ0v) is 14.0. The Kier molecular flexibility index (Phi) is 6.69. The summed E-state index contributed by atoms with van der Waals surface area (Å²) in [6.45, 7) is 1.67. The van der Waals surface area contributed by atoms with Crippen LogP contribution in [0.25, 0.3) is 0 Å². The van der Waals surface area contributed by atoms with E-state index in [1.165, 1.54) is 11.1 Å². The van der Waals surface area contributed by atoms with E-state index in [9.17, 15) is 4.79 Å². The molecular formula is C19H23NOS. The Morgan fingerprint density at radius 1 is 1.00 bits per heavy atom. The fourth-order valence-electron chi connectivity index (χ4n) is 2.52. The number of benzene rings is 2. The van der Waals surface area contributed by atoms with Crippen molar-refractivity contribution >= 4 is 17.5 Å². The van der Waals surface area contributed by atoms with Gasteiger partial charge in [-0.1, -0.05) is 60.7 Å². The van der Waals surface area contributed by atoms with Crippen LogP contribution < -0.4 is 5.32 Å². The van der Waals surface area contributed by atoms with E-state index in [2.05, 4.69) is 35.8 Å². The van der Waals surface area contributed by atoms with Crippen LogP contribution in [0.1, 0.15) is 30.5 Å². The highest BCUT2D eigenvalue weighted by atomic mass is 32.2. The minimum absolute atomic E-state index is 0.0400. The highest BCUT2D eigenvalue weighted by Gasteiger charge is 2.21. The van der Waals surface area contributed by atoms with Crippen LogP contribution in [0, 0.1) is 0 Å². The highest BCUT2D eigenvalue weighted by molar-refractivity contribution is 7.98. The van der Waals surface area contributed by atoms with Crippen molar-refractivity contribution < 1.29 is 4.79 Å². The Morgan fingerprint density at radius 2 is 1.50 bits per heavy atom. The quantitative estimate of drug-likeness (QED) is 0.796. The summed E-state index contributed by atoms with van der Waals surface area (Å²) >= 11 is 1.77. The molecule has 0 fully saturated rings. The molecule has 0 amide bonds. The fourth-order valence-corrected chi connectivity index (χ4v) is 2.99. The topological polar surface area (TPSA) is 29.1 Å². The van der Waals surface area contributed by atoms with Crippen molar-refractivity contribution in [2.45, 2.75) is 25.4 Å². The molecule has 2 rings (SSSR count). The molecule has 0 radical (unpaired) electrons. The van der Waals surface area contributed by atoms with E-state index in [0.717, 1.165) is 12.2 Å². The first-order chi connectivity index (χ1) is 10.7. The van der Waals surface area contributed by atoms with Gasteiger partial charge in [0.25, 0.3) is 0 Å². The predicted molar refractivity (Wildman–Crippen MR) is 95.3 cm³/mol. The predicted octanol–water partition coefficient (Wildman–Crippen LogP) is 4.08. The van der Waals surface area contributed by atoms with Gasteiger partial charge < -0.3 is 0 Å². The molecule has 0 spiro atoms. The minimum Gasteiger partial charge on any atom is -0.298 e. The van der Waals surface area contributed by atoms with E-state index in [1.807, 2.05) is 36.4 Å². The van der Waals surface area contributed by atoms with Gasteiger partial charge in [-0.2, -0.15) is 11.8 Å². The van der Waals surface area contributed by atoms with Crippen LogP contribution in [0.5, 0.6) is 0 Å². The Morgan fingerprint density at radius 3 is 1.91 bits per heavy atom. The van der Waals surface area contributed by atoms with Gasteiger partial charge in [0.2, 0.25) is 0 Å². The maximum atomic E-state index is 12.0. The molecule has 0 unspecified atom stereocenters. The molecule has 2 aromatic rings. The molecule has 0 bridgehead atoms. The molecular weight excluding hydrogens is 290 g/mol. The number of hydrogen-bond acceptors (Lipinski definition) is 3. The van der Waals surface area contributed by atoms with Crippen LogP contribution in [0.3, 0.4) is 0 Å². The van der Waals surface area contributed by atoms with E-state index < -0.39 is 0 Å². The molecule has 1 atom stereocenters. The number of hydrogen-bond donors (Lipinski definition) is 1. The molecule has 0 aliphatic rings. The van der Waals surface area contributed by atoms with Crippen molar-refractivity contribution in [2.75, 3.05) is 12.0 Å². The Labute approximate surface area is 137 Å². The summed E-state index contributed by atoms with van der Waals surface area (Å²) in [5, 5.41) is 3.56. The van der Waals surface area contributed by atoms with Crippen molar-refractivity contribution in [2.24, 2.45) is 0 Å². The fraction of sp³-hybridized carbons (Fsp3) is 0.316. The first kappa shape index (κ1) is 16.8. The van der Waals surface area contributed by atoms with Gasteiger partial charge >= 0.3 is 0 Å². The van der Waals surface area contributed by atoms with E-state index in [4.69, 9.17) is 0 Å². The van der Waals surface area contributed by atoms with Crippen molar-refractivity contribution in [1.29, 1.82) is 0 Å². The Bertz CT molecular complexity index is 531. The lowest BCUT2D eigenvalue weighted by molar-refractivity contribution is -0.119. The van der Waals surface area contributed by atoms with Crippen LogP contribution in [0.2, 0.25) is 0 Å². The lowest BCUT2D eigenvalue weighted by Gasteiger charge is -2.25. The summed E-state index contributed by atoms with van der Waals surface area (Å²) in [5.74, 6) is 1.18. The molecule has 3 heteroatoms. The van der Waals surface area contributed by atoms with Crippen molar-refractivity contribution in [3.63, 3.8) is 0 Å². The zero-order chi connectivity index (χ0) is 15.8. The maximum Gasteiger partial charge on any atom is 0.146 e. The van der Waals surface area contributed by atoms with Crippen LogP contribution in [0.15, 0.2) is 60.7 Å². The molecule has 0 saturated carbocycles. The summed E-state index contributed by atoms with van der Waals surface area (Å²) in [6.07, 6.45) is 2.93. The monoisotopic (exact) mass is 313 g/mol. The number of Topliss-reactive ketones (excluding diaryl/α,β-unsaturated/α-hetero) is 1. The molecule has 2 nitrogen and oxygen atoms in total. The number of carbonyl (C=O) groups is 1. The standard InChI is InChI=1S/C19H23NOS/c1-15(21)18(13-14-22-2)20-19(16-9-5-3-6-10-16)17-11-7-4-8-12-17/h3-12,18-20H,13-14H2,1-2H3/t18-/m0/s1. The number of carbonyl (C=O) groups excluding carboxylic acids is 1. The van der Waals surface area contributed by atoms with Gasteiger partial charge in [-0.05, 0) is 36.5 Å². The third-order valence-corrected chi connectivity index (χ3v) is 4.38. The second kappa shape index (κ2) is 8.76. The van der Waals surface area contributed by atoms with Gasteiger partial charge in [0, 0.05) is 0 Å². The maximum absolute atomic E-state index is 12.0. The zero-order valence-electron chi connectivity index (χ0n) is 13.2. The van der Waals surface area contributed by atoms with Crippen LogP contribution >= 0.6 is 11.8 Å². The van der Waals surface area contributed by atoms with E-state index >= 15 is 0 Å². The molecule has 0 aliphatic carbocycles. The van der Waals surface area contributed by atoms with Gasteiger partial charge in [0.05, 0.1) is 12.1 Å². The Balaban J connectivity index is 2.26. The summed E-state index contributed by atoms with van der Waals surface area (Å²) in [5.41, 5.74) is 2.37. The van der Waals surface area contributed by atoms with Crippen molar-refractivity contribution in [1.82, 2.24) is 5.32 Å². The van der Waals surface area contributed by atoms with E-state index in [-0.39, 0.29) is 17.9 Å². The number of ketones is 1. The lowest BCUT2D eigenvalue weighted by atomic mass is 9.97. The van der Waals surface area contributed by atoms with Crippen LogP contribution in [-0.4, -0.2) is 23.8 Å². The molecule has 0 heterocycles.